The molecule has 1 aliphatic carbocycles. The van der Waals surface area contributed by atoms with Gasteiger partial charge < -0.3 is 0 Å². The summed E-state index contributed by atoms with van der Waals surface area (Å²) in [5.41, 5.74) is 1.06. The largest absolute Gasteiger partial charge is 0.327 e. The lowest BCUT2D eigenvalue weighted by molar-refractivity contribution is -0.119. The van der Waals surface area contributed by atoms with Gasteiger partial charge in [-0.25, -0.2) is 9.78 Å². The Hall–Kier alpha value is -1.14. The fraction of sp³-hybridized carbons (Fsp3) is 0.500. The van der Waals surface area contributed by atoms with Crippen LogP contribution in [-0.2, 0) is 17.6 Å². The van der Waals surface area contributed by atoms with Crippen LogP contribution >= 0.6 is 22.9 Å². The molecule has 0 saturated carbocycles. The standard InChI is InChI=1S/C10H12ClN3O2S/c1-5(11)8(15)13-9(16)14-10-12-6-3-2-4-7(6)17-10/h5H,2-4H2,1H3,(H2,12,13,14,15,16). The van der Waals surface area contributed by atoms with Crippen molar-refractivity contribution in [2.75, 3.05) is 5.32 Å². The van der Waals surface area contributed by atoms with E-state index in [1.807, 2.05) is 0 Å². The average Bonchev–Trinajstić information content (AvgIpc) is 2.76. The number of hydrogen-bond acceptors (Lipinski definition) is 4. The number of carbonyl (C=O) groups excluding carboxylic acids is 2. The summed E-state index contributed by atoms with van der Waals surface area (Å²) in [6.45, 7) is 1.50. The van der Waals surface area contributed by atoms with Gasteiger partial charge in [0.2, 0.25) is 5.91 Å². The van der Waals surface area contributed by atoms with E-state index >= 15 is 0 Å². The molecule has 0 spiro atoms. The first kappa shape index (κ1) is 12.3. The minimum absolute atomic E-state index is 0.520. The Morgan fingerprint density at radius 3 is 2.88 bits per heavy atom. The highest BCUT2D eigenvalue weighted by Crippen LogP contribution is 2.30. The van der Waals surface area contributed by atoms with E-state index in [1.54, 1.807) is 0 Å². The lowest BCUT2D eigenvalue weighted by Crippen LogP contribution is -2.38. The molecule has 0 bridgehead atoms. The van der Waals surface area contributed by atoms with Crippen LogP contribution in [0.3, 0.4) is 0 Å². The number of nitrogens with zero attached hydrogens (tertiary/aromatic N) is 1. The minimum atomic E-state index is -0.734. The highest BCUT2D eigenvalue weighted by molar-refractivity contribution is 7.15. The number of aromatic nitrogens is 1. The number of amides is 3. The van der Waals surface area contributed by atoms with Crippen molar-refractivity contribution < 1.29 is 9.59 Å². The van der Waals surface area contributed by atoms with Crippen molar-refractivity contribution in [3.8, 4) is 0 Å². The number of urea groups is 1. The summed E-state index contributed by atoms with van der Waals surface area (Å²) in [5, 5.41) is 4.47. The molecular weight excluding hydrogens is 262 g/mol. The van der Waals surface area contributed by atoms with Gasteiger partial charge in [-0.05, 0) is 26.2 Å². The Morgan fingerprint density at radius 1 is 1.47 bits per heavy atom. The lowest BCUT2D eigenvalue weighted by Gasteiger charge is -2.05. The monoisotopic (exact) mass is 273 g/mol. The lowest BCUT2D eigenvalue weighted by atomic mass is 10.4. The van der Waals surface area contributed by atoms with E-state index in [-0.39, 0.29) is 0 Å². The van der Waals surface area contributed by atoms with Gasteiger partial charge in [0.25, 0.3) is 0 Å². The highest BCUT2D eigenvalue weighted by atomic mass is 35.5. The summed E-state index contributed by atoms with van der Waals surface area (Å²) in [4.78, 5) is 28.1. The number of halogens is 1. The van der Waals surface area contributed by atoms with Gasteiger partial charge in [-0.3, -0.25) is 15.4 Å². The third-order valence-electron chi connectivity index (χ3n) is 2.41. The Morgan fingerprint density at radius 2 is 2.24 bits per heavy atom. The van der Waals surface area contributed by atoms with E-state index in [1.165, 1.54) is 23.1 Å². The van der Waals surface area contributed by atoms with Crippen LogP contribution in [0, 0.1) is 0 Å². The summed E-state index contributed by atoms with van der Waals surface area (Å²) < 4.78 is 0. The van der Waals surface area contributed by atoms with E-state index in [0.717, 1.165) is 25.0 Å². The van der Waals surface area contributed by atoms with Crippen LogP contribution < -0.4 is 10.6 Å². The first-order chi connectivity index (χ1) is 8.06. The Kier molecular flexibility index (Phi) is 3.63. The molecular formula is C10H12ClN3O2S. The van der Waals surface area contributed by atoms with Crippen molar-refractivity contribution in [3.05, 3.63) is 10.6 Å². The third kappa shape index (κ3) is 2.95. The maximum absolute atomic E-state index is 11.4. The minimum Gasteiger partial charge on any atom is -0.283 e. The van der Waals surface area contributed by atoms with E-state index in [4.69, 9.17) is 11.6 Å². The molecule has 17 heavy (non-hydrogen) atoms. The zero-order valence-electron chi connectivity index (χ0n) is 9.25. The van der Waals surface area contributed by atoms with Gasteiger partial charge >= 0.3 is 6.03 Å². The first-order valence-electron chi connectivity index (χ1n) is 5.31. The molecule has 1 aromatic rings. The number of anilines is 1. The second kappa shape index (κ2) is 5.01. The number of carbonyl (C=O) groups is 2. The van der Waals surface area contributed by atoms with Crippen LogP contribution in [0.4, 0.5) is 9.93 Å². The third-order valence-corrected chi connectivity index (χ3v) is 3.69. The second-order valence-corrected chi connectivity index (χ2v) is 5.54. The summed E-state index contributed by atoms with van der Waals surface area (Å²) in [5.74, 6) is -0.520. The van der Waals surface area contributed by atoms with Gasteiger partial charge in [0.05, 0.1) is 5.69 Å². The number of thiazole rings is 1. The molecule has 0 saturated heterocycles. The molecule has 3 amide bonds. The van der Waals surface area contributed by atoms with E-state index in [0.29, 0.717) is 5.13 Å². The van der Waals surface area contributed by atoms with Gasteiger partial charge in [-0.15, -0.1) is 22.9 Å². The van der Waals surface area contributed by atoms with E-state index in [2.05, 4.69) is 15.6 Å². The Labute approximate surface area is 108 Å². The van der Waals surface area contributed by atoms with Gasteiger partial charge in [0.1, 0.15) is 5.38 Å². The smallest absolute Gasteiger partial charge is 0.283 e. The molecule has 2 rings (SSSR count). The topological polar surface area (TPSA) is 71.1 Å². The van der Waals surface area contributed by atoms with Crippen molar-refractivity contribution in [3.63, 3.8) is 0 Å². The van der Waals surface area contributed by atoms with Gasteiger partial charge in [-0.2, -0.15) is 0 Å². The van der Waals surface area contributed by atoms with E-state index < -0.39 is 17.3 Å². The van der Waals surface area contributed by atoms with Gasteiger partial charge in [0, 0.05) is 4.88 Å². The molecule has 0 aromatic carbocycles. The fourth-order valence-corrected chi connectivity index (χ4v) is 2.68. The van der Waals surface area contributed by atoms with Crippen LogP contribution in [0.15, 0.2) is 0 Å². The van der Waals surface area contributed by atoms with Crippen LogP contribution in [0.25, 0.3) is 0 Å². The molecule has 7 heteroatoms. The SMILES string of the molecule is CC(Cl)C(=O)NC(=O)Nc1nc2c(s1)CCC2. The second-order valence-electron chi connectivity index (χ2n) is 3.80. The molecule has 0 radical (unpaired) electrons. The van der Waals surface area contributed by atoms with Crippen molar-refractivity contribution in [1.82, 2.24) is 10.3 Å². The molecule has 5 nitrogen and oxygen atoms in total. The summed E-state index contributed by atoms with van der Waals surface area (Å²) >= 11 is 6.99. The molecule has 1 atom stereocenters. The number of fused-ring (bicyclic) bond motifs is 1. The molecule has 1 aliphatic rings. The normalized spacial score (nSPS) is 15.2. The highest BCUT2D eigenvalue weighted by Gasteiger charge is 2.19. The zero-order chi connectivity index (χ0) is 12.4. The molecule has 0 fully saturated rings. The number of hydrogen-bond donors (Lipinski definition) is 2. The van der Waals surface area contributed by atoms with Crippen LogP contribution in [0.5, 0.6) is 0 Å². The Bertz CT molecular complexity index is 437. The molecule has 1 unspecified atom stereocenters. The maximum Gasteiger partial charge on any atom is 0.327 e. The number of alkyl halides is 1. The molecule has 92 valence electrons. The van der Waals surface area contributed by atoms with Crippen LogP contribution in [-0.4, -0.2) is 22.3 Å². The first-order valence-corrected chi connectivity index (χ1v) is 6.56. The number of nitrogens with one attached hydrogen (secondary N) is 2. The molecule has 1 heterocycles. The number of imide groups is 1. The van der Waals surface area contributed by atoms with Crippen LogP contribution in [0.2, 0.25) is 0 Å². The van der Waals surface area contributed by atoms with Crippen molar-refractivity contribution in [1.29, 1.82) is 0 Å². The Balaban J connectivity index is 1.92. The average molecular weight is 274 g/mol. The van der Waals surface area contributed by atoms with E-state index in [9.17, 15) is 9.59 Å². The number of rotatable bonds is 2. The molecule has 0 aliphatic heterocycles. The van der Waals surface area contributed by atoms with Crippen LogP contribution in [0.1, 0.15) is 23.9 Å². The van der Waals surface area contributed by atoms with Crippen molar-refractivity contribution in [2.24, 2.45) is 0 Å². The summed E-state index contributed by atoms with van der Waals surface area (Å²) in [6.07, 6.45) is 3.11. The molecule has 2 N–H and O–H groups in total. The van der Waals surface area contributed by atoms with Gasteiger partial charge in [0.15, 0.2) is 5.13 Å². The number of aryl methyl sites for hydroxylation is 2. The summed E-state index contributed by atoms with van der Waals surface area (Å²) in [7, 11) is 0. The predicted molar refractivity (Wildman–Crippen MR) is 66.6 cm³/mol. The van der Waals surface area contributed by atoms with Crippen molar-refractivity contribution >= 4 is 40.0 Å². The predicted octanol–water partition coefficient (Wildman–Crippen LogP) is 1.91. The molecule has 1 aromatic heterocycles. The summed E-state index contributed by atoms with van der Waals surface area (Å²) in [6, 6.07) is -0.588. The zero-order valence-corrected chi connectivity index (χ0v) is 10.8. The van der Waals surface area contributed by atoms with Gasteiger partial charge in [-0.1, -0.05) is 0 Å². The quantitative estimate of drug-likeness (QED) is 0.809. The fourth-order valence-electron chi connectivity index (χ4n) is 1.58. The maximum atomic E-state index is 11.4. The van der Waals surface area contributed by atoms with Crippen molar-refractivity contribution in [2.45, 2.75) is 31.6 Å².